The first-order valence-electron chi connectivity index (χ1n) is 8.81. The Hall–Kier alpha value is -3.32. The van der Waals surface area contributed by atoms with Crippen molar-refractivity contribution in [2.45, 2.75) is 6.42 Å². The smallest absolute Gasteiger partial charge is 0.115 e. The zero-order valence-corrected chi connectivity index (χ0v) is 14.5. The summed E-state index contributed by atoms with van der Waals surface area (Å²) < 4.78 is 0. The third-order valence-electron chi connectivity index (χ3n) is 4.60. The molecule has 0 saturated carbocycles. The van der Waals surface area contributed by atoms with E-state index in [1.165, 1.54) is 27.8 Å². The van der Waals surface area contributed by atoms with Gasteiger partial charge in [0, 0.05) is 0 Å². The molecule has 0 spiro atoms. The number of phenolic OH excluding ortho intramolecular Hbond substituents is 1. The van der Waals surface area contributed by atoms with Crippen molar-refractivity contribution < 1.29 is 5.11 Å². The fourth-order valence-electron chi connectivity index (χ4n) is 3.28. The summed E-state index contributed by atoms with van der Waals surface area (Å²) in [6, 6.07) is 35.1. The second kappa shape index (κ2) is 7.28. The van der Waals surface area contributed by atoms with Crippen LogP contribution in [-0.4, -0.2) is 5.11 Å². The standard InChI is InChI=1S/C25H20O/c26-23-14-12-22(13-15-23)25-18-20(17-19-7-3-1-4-8-19)11-16-24(25)21-9-5-2-6-10-21/h1-16,18,26H,17H2. The zero-order valence-electron chi connectivity index (χ0n) is 14.5. The van der Waals surface area contributed by atoms with Crippen LogP contribution in [0.2, 0.25) is 0 Å². The minimum absolute atomic E-state index is 0.287. The predicted molar refractivity (Wildman–Crippen MR) is 108 cm³/mol. The summed E-state index contributed by atoms with van der Waals surface area (Å²) in [6.45, 7) is 0. The summed E-state index contributed by atoms with van der Waals surface area (Å²) in [5.41, 5.74) is 7.27. The zero-order chi connectivity index (χ0) is 17.8. The van der Waals surface area contributed by atoms with E-state index in [1.807, 2.05) is 24.3 Å². The van der Waals surface area contributed by atoms with Gasteiger partial charge in [-0.2, -0.15) is 0 Å². The van der Waals surface area contributed by atoms with Crippen molar-refractivity contribution in [1.29, 1.82) is 0 Å². The third-order valence-corrected chi connectivity index (χ3v) is 4.60. The molecular weight excluding hydrogens is 316 g/mol. The van der Waals surface area contributed by atoms with Crippen LogP contribution in [0.3, 0.4) is 0 Å². The van der Waals surface area contributed by atoms with Crippen LogP contribution in [0.5, 0.6) is 5.75 Å². The molecule has 1 heteroatoms. The monoisotopic (exact) mass is 336 g/mol. The van der Waals surface area contributed by atoms with Gasteiger partial charge in [-0.25, -0.2) is 0 Å². The van der Waals surface area contributed by atoms with Gasteiger partial charge < -0.3 is 5.11 Å². The van der Waals surface area contributed by atoms with Gasteiger partial charge in [-0.05, 0) is 51.9 Å². The molecule has 0 fully saturated rings. The second-order valence-corrected chi connectivity index (χ2v) is 6.46. The number of aromatic hydroxyl groups is 1. The summed E-state index contributed by atoms with van der Waals surface area (Å²) in [6.07, 6.45) is 0.904. The minimum atomic E-state index is 0.287. The topological polar surface area (TPSA) is 20.2 Å². The molecule has 0 aliphatic carbocycles. The molecule has 0 aliphatic rings. The Morgan fingerprint density at radius 3 is 1.81 bits per heavy atom. The molecule has 1 nitrogen and oxygen atoms in total. The van der Waals surface area contributed by atoms with Gasteiger partial charge in [0.05, 0.1) is 0 Å². The summed E-state index contributed by atoms with van der Waals surface area (Å²) in [7, 11) is 0. The highest BCUT2D eigenvalue weighted by atomic mass is 16.3. The first-order chi connectivity index (χ1) is 12.8. The highest BCUT2D eigenvalue weighted by Gasteiger charge is 2.09. The van der Waals surface area contributed by atoms with E-state index in [2.05, 4.69) is 66.7 Å². The van der Waals surface area contributed by atoms with Crippen LogP contribution in [0, 0.1) is 0 Å². The van der Waals surface area contributed by atoms with Gasteiger partial charge >= 0.3 is 0 Å². The number of hydrogen-bond acceptors (Lipinski definition) is 1. The summed E-state index contributed by atoms with van der Waals surface area (Å²) in [5, 5.41) is 9.64. The number of benzene rings is 4. The lowest BCUT2D eigenvalue weighted by Gasteiger charge is -2.13. The maximum Gasteiger partial charge on any atom is 0.115 e. The fraction of sp³-hybridized carbons (Fsp3) is 0.0400. The second-order valence-electron chi connectivity index (χ2n) is 6.46. The summed E-state index contributed by atoms with van der Waals surface area (Å²) >= 11 is 0. The third kappa shape index (κ3) is 3.52. The van der Waals surface area contributed by atoms with Crippen LogP contribution in [-0.2, 0) is 6.42 Å². The molecule has 4 aromatic rings. The van der Waals surface area contributed by atoms with Crippen molar-refractivity contribution >= 4 is 0 Å². The highest BCUT2D eigenvalue weighted by Crippen LogP contribution is 2.34. The van der Waals surface area contributed by atoms with Gasteiger partial charge in [0.1, 0.15) is 5.75 Å². The molecule has 0 radical (unpaired) electrons. The van der Waals surface area contributed by atoms with Crippen molar-refractivity contribution in [3.8, 4) is 28.0 Å². The first kappa shape index (κ1) is 16.2. The van der Waals surface area contributed by atoms with E-state index >= 15 is 0 Å². The van der Waals surface area contributed by atoms with E-state index < -0.39 is 0 Å². The van der Waals surface area contributed by atoms with Crippen LogP contribution in [0.15, 0.2) is 103 Å². The van der Waals surface area contributed by atoms with E-state index in [-0.39, 0.29) is 5.75 Å². The molecule has 0 saturated heterocycles. The lowest BCUT2D eigenvalue weighted by molar-refractivity contribution is 0.475. The maximum absolute atomic E-state index is 9.64. The van der Waals surface area contributed by atoms with E-state index in [0.717, 1.165) is 12.0 Å². The van der Waals surface area contributed by atoms with E-state index in [4.69, 9.17) is 0 Å². The summed E-state index contributed by atoms with van der Waals surface area (Å²) in [4.78, 5) is 0. The molecule has 0 aliphatic heterocycles. The van der Waals surface area contributed by atoms with E-state index in [0.29, 0.717) is 0 Å². The molecule has 0 bridgehead atoms. The lowest BCUT2D eigenvalue weighted by Crippen LogP contribution is -1.92. The average molecular weight is 336 g/mol. The predicted octanol–water partition coefficient (Wildman–Crippen LogP) is 6.32. The Labute approximate surface area is 154 Å². The van der Waals surface area contributed by atoms with E-state index in [9.17, 15) is 5.11 Å². The van der Waals surface area contributed by atoms with Crippen LogP contribution in [0.1, 0.15) is 11.1 Å². The molecule has 0 amide bonds. The van der Waals surface area contributed by atoms with Gasteiger partial charge in [0.25, 0.3) is 0 Å². The van der Waals surface area contributed by atoms with E-state index in [1.54, 1.807) is 12.1 Å². The maximum atomic E-state index is 9.64. The first-order valence-corrected chi connectivity index (χ1v) is 8.81. The Kier molecular flexibility index (Phi) is 4.53. The Morgan fingerprint density at radius 2 is 1.12 bits per heavy atom. The van der Waals surface area contributed by atoms with Gasteiger partial charge in [0.2, 0.25) is 0 Å². The molecule has 0 atom stereocenters. The van der Waals surface area contributed by atoms with Crippen LogP contribution in [0.4, 0.5) is 0 Å². The van der Waals surface area contributed by atoms with Crippen LogP contribution in [0.25, 0.3) is 22.3 Å². The van der Waals surface area contributed by atoms with Gasteiger partial charge in [0.15, 0.2) is 0 Å². The number of rotatable bonds is 4. The van der Waals surface area contributed by atoms with Crippen LogP contribution < -0.4 is 0 Å². The Bertz CT molecular complexity index is 987. The molecule has 26 heavy (non-hydrogen) atoms. The Morgan fingerprint density at radius 1 is 0.500 bits per heavy atom. The highest BCUT2D eigenvalue weighted by molar-refractivity contribution is 5.84. The van der Waals surface area contributed by atoms with Crippen molar-refractivity contribution in [2.24, 2.45) is 0 Å². The molecule has 4 aromatic carbocycles. The number of hydrogen-bond donors (Lipinski definition) is 1. The van der Waals surface area contributed by atoms with Gasteiger partial charge in [-0.3, -0.25) is 0 Å². The number of phenols is 1. The Balaban J connectivity index is 1.80. The van der Waals surface area contributed by atoms with Gasteiger partial charge in [-0.15, -0.1) is 0 Å². The SMILES string of the molecule is Oc1ccc(-c2cc(Cc3ccccc3)ccc2-c2ccccc2)cc1. The quantitative estimate of drug-likeness (QED) is 0.462. The average Bonchev–Trinajstić information content (AvgIpc) is 2.70. The molecule has 126 valence electrons. The largest absolute Gasteiger partial charge is 0.508 e. The van der Waals surface area contributed by atoms with Crippen molar-refractivity contribution in [3.05, 3.63) is 114 Å². The fourth-order valence-corrected chi connectivity index (χ4v) is 3.28. The van der Waals surface area contributed by atoms with Crippen molar-refractivity contribution in [3.63, 3.8) is 0 Å². The normalized spacial score (nSPS) is 10.6. The summed E-state index contributed by atoms with van der Waals surface area (Å²) in [5.74, 6) is 0.287. The molecule has 0 heterocycles. The lowest BCUT2D eigenvalue weighted by atomic mass is 9.91. The van der Waals surface area contributed by atoms with Crippen LogP contribution >= 0.6 is 0 Å². The molecule has 4 rings (SSSR count). The van der Waals surface area contributed by atoms with Gasteiger partial charge in [-0.1, -0.05) is 91.0 Å². The van der Waals surface area contributed by atoms with Crippen molar-refractivity contribution in [1.82, 2.24) is 0 Å². The minimum Gasteiger partial charge on any atom is -0.508 e. The molecule has 0 aromatic heterocycles. The molecule has 1 N–H and O–H groups in total. The molecular formula is C25H20O. The van der Waals surface area contributed by atoms with Crippen molar-refractivity contribution in [2.75, 3.05) is 0 Å². The molecule has 0 unspecified atom stereocenters.